The predicted octanol–water partition coefficient (Wildman–Crippen LogP) is 2.09. The third-order valence-corrected chi connectivity index (χ3v) is 4.12. The Morgan fingerprint density at radius 1 is 1.50 bits per heavy atom. The van der Waals surface area contributed by atoms with Gasteiger partial charge in [-0.05, 0) is 28.1 Å². The van der Waals surface area contributed by atoms with Crippen LogP contribution >= 0.6 is 27.7 Å². The monoisotopic (exact) mass is 300 g/mol. The molecule has 0 bridgehead atoms. The molecule has 1 aromatic carbocycles. The Bertz CT molecular complexity index is 380. The molecule has 86 valence electrons. The molecule has 0 radical (unpaired) electrons. The Kier molecular flexibility index (Phi) is 4.26. The van der Waals surface area contributed by atoms with Crippen molar-refractivity contribution in [3.63, 3.8) is 0 Å². The topological polar surface area (TPSA) is 41.1 Å². The van der Waals surface area contributed by atoms with E-state index in [4.69, 9.17) is 0 Å². The van der Waals surface area contributed by atoms with Crippen LogP contribution in [0.3, 0.4) is 0 Å². The average Bonchev–Trinajstić information content (AvgIpc) is 2.33. The lowest BCUT2D eigenvalue weighted by Gasteiger charge is -2.22. The maximum Gasteiger partial charge on any atom is 0.242 e. The molecule has 3 nitrogen and oxygen atoms in total. The van der Waals surface area contributed by atoms with Crippen LogP contribution in [-0.2, 0) is 4.79 Å². The van der Waals surface area contributed by atoms with Gasteiger partial charge in [-0.3, -0.25) is 4.79 Å². The van der Waals surface area contributed by atoms with E-state index in [2.05, 4.69) is 26.6 Å². The molecule has 1 aliphatic rings. The van der Waals surface area contributed by atoms with Gasteiger partial charge in [0.2, 0.25) is 5.91 Å². The van der Waals surface area contributed by atoms with Gasteiger partial charge in [0.25, 0.3) is 0 Å². The summed E-state index contributed by atoms with van der Waals surface area (Å²) >= 11 is 5.22. The summed E-state index contributed by atoms with van der Waals surface area (Å²) in [5, 5.41) is 6.13. The van der Waals surface area contributed by atoms with Crippen LogP contribution in [0, 0.1) is 0 Å². The van der Waals surface area contributed by atoms with Gasteiger partial charge in [0.1, 0.15) is 0 Å². The highest BCUT2D eigenvalue weighted by molar-refractivity contribution is 9.10. The van der Waals surface area contributed by atoms with Crippen LogP contribution in [0.1, 0.15) is 0 Å². The van der Waals surface area contributed by atoms with Crippen molar-refractivity contribution in [1.82, 2.24) is 5.32 Å². The van der Waals surface area contributed by atoms with E-state index in [0.29, 0.717) is 0 Å². The highest BCUT2D eigenvalue weighted by Gasteiger charge is 2.21. The van der Waals surface area contributed by atoms with Crippen LogP contribution in [0.15, 0.2) is 28.7 Å². The summed E-state index contributed by atoms with van der Waals surface area (Å²) in [5.74, 6) is 1.97. The van der Waals surface area contributed by atoms with Crippen LogP contribution in [-0.4, -0.2) is 30.0 Å². The van der Waals surface area contributed by atoms with Gasteiger partial charge in [-0.2, -0.15) is 11.8 Å². The number of thioether (sulfide) groups is 1. The van der Waals surface area contributed by atoms with E-state index in [0.717, 1.165) is 28.2 Å². The lowest BCUT2D eigenvalue weighted by atomic mass is 10.2. The Morgan fingerprint density at radius 3 is 3.00 bits per heavy atom. The molecule has 2 N–H and O–H groups in total. The SMILES string of the molecule is O=C(Nc1ccccc1Br)C1CSCCN1. The van der Waals surface area contributed by atoms with Crippen molar-refractivity contribution in [2.45, 2.75) is 6.04 Å². The minimum atomic E-state index is -0.0779. The second-order valence-corrected chi connectivity index (χ2v) is 5.55. The normalized spacial score (nSPS) is 20.4. The first kappa shape index (κ1) is 12.0. The molecule has 1 amide bonds. The predicted molar refractivity (Wildman–Crippen MR) is 71.9 cm³/mol. The first-order valence-electron chi connectivity index (χ1n) is 5.14. The minimum Gasteiger partial charge on any atom is -0.324 e. The van der Waals surface area contributed by atoms with Gasteiger partial charge < -0.3 is 10.6 Å². The summed E-state index contributed by atoms with van der Waals surface area (Å²) in [4.78, 5) is 11.9. The molecule has 1 fully saturated rings. The van der Waals surface area contributed by atoms with Gasteiger partial charge in [0.05, 0.1) is 11.7 Å². The zero-order chi connectivity index (χ0) is 11.4. The zero-order valence-corrected chi connectivity index (χ0v) is 11.1. The number of amides is 1. The Balaban J connectivity index is 1.99. The fraction of sp³-hybridized carbons (Fsp3) is 0.364. The molecular weight excluding hydrogens is 288 g/mol. The molecule has 0 saturated carbocycles. The smallest absolute Gasteiger partial charge is 0.242 e. The molecule has 5 heteroatoms. The second-order valence-electron chi connectivity index (χ2n) is 3.55. The van der Waals surface area contributed by atoms with Gasteiger partial charge >= 0.3 is 0 Å². The van der Waals surface area contributed by atoms with Crippen molar-refractivity contribution in [3.8, 4) is 0 Å². The van der Waals surface area contributed by atoms with E-state index < -0.39 is 0 Å². The number of para-hydroxylation sites is 1. The van der Waals surface area contributed by atoms with Crippen molar-refractivity contribution >= 4 is 39.3 Å². The molecule has 1 saturated heterocycles. The number of rotatable bonds is 2. The second kappa shape index (κ2) is 5.70. The molecule has 1 aliphatic heterocycles. The fourth-order valence-electron chi connectivity index (χ4n) is 1.52. The number of anilines is 1. The van der Waals surface area contributed by atoms with Crippen LogP contribution < -0.4 is 10.6 Å². The third-order valence-electron chi connectivity index (χ3n) is 2.37. The number of carbonyl (C=O) groups excluding carboxylic acids is 1. The lowest BCUT2D eigenvalue weighted by molar-refractivity contribution is -0.117. The lowest BCUT2D eigenvalue weighted by Crippen LogP contribution is -2.46. The van der Waals surface area contributed by atoms with Crippen LogP contribution in [0.2, 0.25) is 0 Å². The van der Waals surface area contributed by atoms with Crippen molar-refractivity contribution in [2.24, 2.45) is 0 Å². The molecule has 16 heavy (non-hydrogen) atoms. The summed E-state index contributed by atoms with van der Waals surface area (Å²) in [6.45, 7) is 0.902. The van der Waals surface area contributed by atoms with Gasteiger partial charge in [0.15, 0.2) is 0 Å². The zero-order valence-electron chi connectivity index (χ0n) is 8.70. The van der Waals surface area contributed by atoms with E-state index in [1.54, 1.807) is 0 Å². The Morgan fingerprint density at radius 2 is 2.31 bits per heavy atom. The quantitative estimate of drug-likeness (QED) is 0.879. The number of nitrogens with one attached hydrogen (secondary N) is 2. The molecule has 1 heterocycles. The summed E-state index contributed by atoms with van der Waals surface area (Å²) < 4.78 is 0.909. The van der Waals surface area contributed by atoms with E-state index in [9.17, 15) is 4.79 Å². The maximum absolute atomic E-state index is 11.9. The summed E-state index contributed by atoms with van der Waals surface area (Å²) in [5.41, 5.74) is 0.824. The van der Waals surface area contributed by atoms with Gasteiger partial charge in [-0.25, -0.2) is 0 Å². The minimum absolute atomic E-state index is 0.0408. The van der Waals surface area contributed by atoms with Crippen LogP contribution in [0.5, 0.6) is 0 Å². The first-order chi connectivity index (χ1) is 7.77. The van der Waals surface area contributed by atoms with E-state index in [-0.39, 0.29) is 11.9 Å². The van der Waals surface area contributed by atoms with Gasteiger partial charge in [0, 0.05) is 22.5 Å². The maximum atomic E-state index is 11.9. The van der Waals surface area contributed by atoms with Gasteiger partial charge in [-0.15, -0.1) is 0 Å². The van der Waals surface area contributed by atoms with Crippen LogP contribution in [0.25, 0.3) is 0 Å². The molecule has 0 aliphatic carbocycles. The first-order valence-corrected chi connectivity index (χ1v) is 7.08. The number of halogens is 1. The highest BCUT2D eigenvalue weighted by atomic mass is 79.9. The summed E-state index contributed by atoms with van der Waals surface area (Å²) in [7, 11) is 0. The average molecular weight is 301 g/mol. The van der Waals surface area contributed by atoms with Crippen molar-refractivity contribution in [3.05, 3.63) is 28.7 Å². The highest BCUT2D eigenvalue weighted by Crippen LogP contribution is 2.21. The molecular formula is C11H13BrN2OS. The number of benzene rings is 1. The van der Waals surface area contributed by atoms with E-state index in [1.807, 2.05) is 36.0 Å². The Hall–Kier alpha value is -0.520. The summed E-state index contributed by atoms with van der Waals surface area (Å²) in [6, 6.07) is 7.56. The van der Waals surface area contributed by atoms with E-state index >= 15 is 0 Å². The number of hydrogen-bond acceptors (Lipinski definition) is 3. The number of hydrogen-bond donors (Lipinski definition) is 2. The largest absolute Gasteiger partial charge is 0.324 e. The van der Waals surface area contributed by atoms with E-state index in [1.165, 1.54) is 0 Å². The molecule has 0 spiro atoms. The standard InChI is InChI=1S/C11H13BrN2OS/c12-8-3-1-2-4-9(8)14-11(15)10-7-16-6-5-13-10/h1-4,10,13H,5-7H2,(H,14,15). The van der Waals surface area contributed by atoms with Crippen molar-refractivity contribution in [2.75, 3.05) is 23.4 Å². The molecule has 1 unspecified atom stereocenters. The third kappa shape index (κ3) is 2.99. The molecule has 1 atom stereocenters. The van der Waals surface area contributed by atoms with Crippen molar-refractivity contribution in [1.29, 1.82) is 0 Å². The van der Waals surface area contributed by atoms with Crippen molar-refractivity contribution < 1.29 is 4.79 Å². The molecule has 2 rings (SSSR count). The summed E-state index contributed by atoms with van der Waals surface area (Å²) in [6.07, 6.45) is 0. The van der Waals surface area contributed by atoms with Crippen LogP contribution in [0.4, 0.5) is 5.69 Å². The number of carbonyl (C=O) groups is 1. The Labute approximate surface area is 108 Å². The molecule has 0 aromatic heterocycles. The van der Waals surface area contributed by atoms with Gasteiger partial charge in [-0.1, -0.05) is 12.1 Å². The molecule has 1 aromatic rings. The fourth-order valence-corrected chi connectivity index (χ4v) is 2.83.